The fourth-order valence-corrected chi connectivity index (χ4v) is 3.09. The summed E-state index contributed by atoms with van der Waals surface area (Å²) in [7, 11) is 1.75. The third kappa shape index (κ3) is 4.72. The number of imide groups is 1. The lowest BCUT2D eigenvalue weighted by molar-refractivity contribution is -0.117. The van der Waals surface area contributed by atoms with Crippen LogP contribution in [0.5, 0.6) is 0 Å². The van der Waals surface area contributed by atoms with E-state index >= 15 is 0 Å². The lowest BCUT2D eigenvalue weighted by Crippen LogP contribution is -2.31. The Morgan fingerprint density at radius 1 is 1.11 bits per heavy atom. The zero-order valence-electron chi connectivity index (χ0n) is 14.1. The summed E-state index contributed by atoms with van der Waals surface area (Å²) in [5.74, 6) is -0.740. The van der Waals surface area contributed by atoms with E-state index in [1.54, 1.807) is 35.9 Å². The quantitative estimate of drug-likeness (QED) is 0.660. The van der Waals surface area contributed by atoms with E-state index in [1.165, 1.54) is 24.3 Å². The summed E-state index contributed by atoms with van der Waals surface area (Å²) in [6.45, 7) is 0. The smallest absolute Gasteiger partial charge is 0.257 e. The molecule has 0 unspecified atom stereocenters. The third-order valence-corrected chi connectivity index (χ3v) is 4.90. The van der Waals surface area contributed by atoms with E-state index in [0.29, 0.717) is 27.1 Å². The van der Waals surface area contributed by atoms with Gasteiger partial charge in [-0.1, -0.05) is 23.4 Å². The molecule has 2 amide bonds. The number of thioether (sulfide) groups is 1. The number of amides is 2. The predicted octanol–water partition coefficient (Wildman–Crippen LogP) is 3.32. The summed E-state index contributed by atoms with van der Waals surface area (Å²) in [5, 5.41) is 11.4. The standard InChI is InChI=1S/C18H14ClFN4O2S/c1-24-16(11-4-8-14(20)9-5-11)22-23-18(24)27-10-15(25)21-17(26)12-2-6-13(19)7-3-12/h2-9H,10H2,1H3,(H,21,25,26). The highest BCUT2D eigenvalue weighted by Crippen LogP contribution is 2.22. The van der Waals surface area contributed by atoms with Crippen molar-refractivity contribution in [1.82, 2.24) is 20.1 Å². The van der Waals surface area contributed by atoms with Gasteiger partial charge in [0, 0.05) is 23.2 Å². The van der Waals surface area contributed by atoms with Crippen molar-refractivity contribution < 1.29 is 14.0 Å². The maximum Gasteiger partial charge on any atom is 0.257 e. The highest BCUT2D eigenvalue weighted by Gasteiger charge is 2.15. The minimum Gasteiger partial charge on any atom is -0.305 e. The normalized spacial score (nSPS) is 10.6. The average Bonchev–Trinajstić information content (AvgIpc) is 3.02. The Morgan fingerprint density at radius 3 is 2.44 bits per heavy atom. The molecule has 6 nitrogen and oxygen atoms in total. The van der Waals surface area contributed by atoms with Crippen LogP contribution in [0.25, 0.3) is 11.4 Å². The lowest BCUT2D eigenvalue weighted by atomic mass is 10.2. The lowest BCUT2D eigenvalue weighted by Gasteiger charge is -2.05. The number of rotatable bonds is 5. The molecule has 0 aliphatic rings. The largest absolute Gasteiger partial charge is 0.305 e. The van der Waals surface area contributed by atoms with Crippen molar-refractivity contribution in [3.63, 3.8) is 0 Å². The molecule has 0 atom stereocenters. The maximum absolute atomic E-state index is 13.0. The first-order chi connectivity index (χ1) is 12.9. The summed E-state index contributed by atoms with van der Waals surface area (Å²) in [6.07, 6.45) is 0. The van der Waals surface area contributed by atoms with E-state index in [1.807, 2.05) is 0 Å². The van der Waals surface area contributed by atoms with Gasteiger partial charge in [0.1, 0.15) is 5.82 Å². The Kier molecular flexibility index (Phi) is 5.88. The van der Waals surface area contributed by atoms with Crippen molar-refractivity contribution in [2.45, 2.75) is 5.16 Å². The van der Waals surface area contributed by atoms with Gasteiger partial charge in [0.15, 0.2) is 11.0 Å². The Balaban J connectivity index is 1.60. The van der Waals surface area contributed by atoms with Gasteiger partial charge in [-0.05, 0) is 48.5 Å². The molecular weight excluding hydrogens is 391 g/mol. The Hall–Kier alpha value is -2.71. The number of hydrogen-bond donors (Lipinski definition) is 1. The number of hydrogen-bond acceptors (Lipinski definition) is 5. The molecule has 0 bridgehead atoms. The van der Waals surface area contributed by atoms with Gasteiger partial charge in [0.25, 0.3) is 5.91 Å². The molecule has 0 saturated heterocycles. The molecule has 138 valence electrons. The van der Waals surface area contributed by atoms with Crippen LogP contribution in [0, 0.1) is 5.82 Å². The van der Waals surface area contributed by atoms with E-state index in [-0.39, 0.29) is 11.6 Å². The molecule has 3 rings (SSSR count). The molecule has 0 fully saturated rings. The van der Waals surface area contributed by atoms with Crippen molar-refractivity contribution in [1.29, 1.82) is 0 Å². The van der Waals surface area contributed by atoms with Crippen LogP contribution in [0.15, 0.2) is 53.7 Å². The number of carbonyl (C=O) groups excluding carboxylic acids is 2. The first-order valence-electron chi connectivity index (χ1n) is 7.82. The molecule has 0 spiro atoms. The summed E-state index contributed by atoms with van der Waals surface area (Å²) in [5.41, 5.74) is 1.05. The minimum atomic E-state index is -0.498. The summed E-state index contributed by atoms with van der Waals surface area (Å²) in [6, 6.07) is 12.1. The molecule has 9 heteroatoms. The van der Waals surface area contributed by atoms with Crippen LogP contribution in [0.3, 0.4) is 0 Å². The molecular formula is C18H14ClFN4O2S. The first-order valence-corrected chi connectivity index (χ1v) is 9.18. The third-order valence-electron chi connectivity index (χ3n) is 3.63. The number of carbonyl (C=O) groups is 2. The fraction of sp³-hybridized carbons (Fsp3) is 0.111. The van der Waals surface area contributed by atoms with E-state index in [4.69, 9.17) is 11.6 Å². The highest BCUT2D eigenvalue weighted by molar-refractivity contribution is 7.99. The van der Waals surface area contributed by atoms with Crippen LogP contribution in [0.1, 0.15) is 10.4 Å². The number of aromatic nitrogens is 3. The Bertz CT molecular complexity index is 974. The van der Waals surface area contributed by atoms with Crippen LogP contribution in [0.2, 0.25) is 5.02 Å². The monoisotopic (exact) mass is 404 g/mol. The second-order valence-corrected chi connectivity index (χ2v) is 6.92. The van der Waals surface area contributed by atoms with Gasteiger partial charge in [-0.25, -0.2) is 4.39 Å². The zero-order chi connectivity index (χ0) is 19.4. The molecule has 0 saturated carbocycles. The topological polar surface area (TPSA) is 76.9 Å². The molecule has 3 aromatic rings. The van der Waals surface area contributed by atoms with Crippen LogP contribution >= 0.6 is 23.4 Å². The molecule has 0 aliphatic carbocycles. The fourth-order valence-electron chi connectivity index (χ4n) is 2.26. The van der Waals surface area contributed by atoms with Gasteiger partial charge < -0.3 is 4.57 Å². The second-order valence-electron chi connectivity index (χ2n) is 5.54. The van der Waals surface area contributed by atoms with E-state index in [9.17, 15) is 14.0 Å². The molecule has 1 heterocycles. The van der Waals surface area contributed by atoms with Crippen molar-refractivity contribution >= 4 is 35.2 Å². The molecule has 0 aliphatic heterocycles. The van der Waals surface area contributed by atoms with Gasteiger partial charge in [0.2, 0.25) is 5.91 Å². The van der Waals surface area contributed by atoms with Gasteiger partial charge in [-0.15, -0.1) is 10.2 Å². The number of nitrogens with one attached hydrogen (secondary N) is 1. The molecule has 1 aromatic heterocycles. The average molecular weight is 405 g/mol. The van der Waals surface area contributed by atoms with Crippen LogP contribution < -0.4 is 5.32 Å². The summed E-state index contributed by atoms with van der Waals surface area (Å²) in [4.78, 5) is 24.0. The van der Waals surface area contributed by atoms with Crippen LogP contribution in [-0.4, -0.2) is 32.3 Å². The van der Waals surface area contributed by atoms with Gasteiger partial charge in [-0.3, -0.25) is 14.9 Å². The van der Waals surface area contributed by atoms with E-state index in [0.717, 1.165) is 11.8 Å². The summed E-state index contributed by atoms with van der Waals surface area (Å²) >= 11 is 6.92. The second kappa shape index (κ2) is 8.32. The van der Waals surface area contributed by atoms with E-state index < -0.39 is 11.8 Å². The van der Waals surface area contributed by atoms with Crippen molar-refractivity contribution in [3.8, 4) is 11.4 Å². The molecule has 1 N–H and O–H groups in total. The van der Waals surface area contributed by atoms with Gasteiger partial charge in [-0.2, -0.15) is 0 Å². The SMILES string of the molecule is Cn1c(SCC(=O)NC(=O)c2ccc(Cl)cc2)nnc1-c1ccc(F)cc1. The van der Waals surface area contributed by atoms with Crippen LogP contribution in [-0.2, 0) is 11.8 Å². The first kappa shape index (κ1) is 19.1. The predicted molar refractivity (Wildman–Crippen MR) is 101 cm³/mol. The van der Waals surface area contributed by atoms with Gasteiger partial charge in [0.05, 0.1) is 5.75 Å². The van der Waals surface area contributed by atoms with Crippen molar-refractivity contribution in [3.05, 3.63) is 64.9 Å². The Morgan fingerprint density at radius 2 is 1.78 bits per heavy atom. The highest BCUT2D eigenvalue weighted by atomic mass is 35.5. The molecule has 27 heavy (non-hydrogen) atoms. The van der Waals surface area contributed by atoms with Crippen LogP contribution in [0.4, 0.5) is 4.39 Å². The number of halogens is 2. The Labute approximate surface area is 163 Å². The molecule has 0 radical (unpaired) electrons. The zero-order valence-corrected chi connectivity index (χ0v) is 15.7. The maximum atomic E-state index is 13.0. The van der Waals surface area contributed by atoms with E-state index in [2.05, 4.69) is 15.5 Å². The van der Waals surface area contributed by atoms with Crippen molar-refractivity contribution in [2.24, 2.45) is 7.05 Å². The number of benzene rings is 2. The molecule has 2 aromatic carbocycles. The number of nitrogens with zero attached hydrogens (tertiary/aromatic N) is 3. The summed E-state index contributed by atoms with van der Waals surface area (Å²) < 4.78 is 14.7. The van der Waals surface area contributed by atoms with Crippen molar-refractivity contribution in [2.75, 3.05) is 5.75 Å². The van der Waals surface area contributed by atoms with Gasteiger partial charge >= 0.3 is 0 Å². The minimum absolute atomic E-state index is 0.00524.